The minimum atomic E-state index is -0.237. The van der Waals surface area contributed by atoms with Crippen molar-refractivity contribution in [1.82, 2.24) is 10.2 Å². The predicted molar refractivity (Wildman–Crippen MR) is 112 cm³/mol. The molecule has 0 spiro atoms. The van der Waals surface area contributed by atoms with Crippen LogP contribution in [0.4, 0.5) is 15.8 Å². The van der Waals surface area contributed by atoms with Gasteiger partial charge in [0, 0.05) is 64.0 Å². The van der Waals surface area contributed by atoms with Crippen molar-refractivity contribution in [1.29, 1.82) is 0 Å². The molecule has 1 fully saturated rings. The Morgan fingerprint density at radius 2 is 1.62 bits per heavy atom. The van der Waals surface area contributed by atoms with Gasteiger partial charge in [0.25, 0.3) is 0 Å². The van der Waals surface area contributed by atoms with Crippen LogP contribution in [0.1, 0.15) is 18.9 Å². The number of nitrogens with one attached hydrogen (secondary N) is 2. The fourth-order valence-corrected chi connectivity index (χ4v) is 3.36. The third-order valence-corrected chi connectivity index (χ3v) is 4.94. The Hall–Kier alpha value is -2.93. The summed E-state index contributed by atoms with van der Waals surface area (Å²) in [5.74, 6) is -0.177. The van der Waals surface area contributed by atoms with Crippen molar-refractivity contribution in [3.05, 3.63) is 59.9 Å². The summed E-state index contributed by atoms with van der Waals surface area (Å²) in [6.07, 6.45) is 0.459. The van der Waals surface area contributed by atoms with Gasteiger partial charge < -0.3 is 20.4 Å². The van der Waals surface area contributed by atoms with Gasteiger partial charge in [-0.1, -0.05) is 12.1 Å². The van der Waals surface area contributed by atoms with E-state index in [0.29, 0.717) is 32.6 Å². The minimum absolute atomic E-state index is 0.0899. The highest BCUT2D eigenvalue weighted by molar-refractivity contribution is 5.88. The molecule has 0 bridgehead atoms. The molecule has 29 heavy (non-hydrogen) atoms. The van der Waals surface area contributed by atoms with Crippen LogP contribution >= 0.6 is 0 Å². The van der Waals surface area contributed by atoms with Crippen LogP contribution in [0.25, 0.3) is 0 Å². The van der Waals surface area contributed by atoms with E-state index in [2.05, 4.69) is 15.5 Å². The zero-order valence-electron chi connectivity index (χ0n) is 16.7. The van der Waals surface area contributed by atoms with Gasteiger partial charge in [-0.2, -0.15) is 0 Å². The summed E-state index contributed by atoms with van der Waals surface area (Å²) in [4.78, 5) is 27.5. The molecule has 2 aromatic rings. The van der Waals surface area contributed by atoms with E-state index in [1.54, 1.807) is 12.1 Å². The summed E-state index contributed by atoms with van der Waals surface area (Å²) in [5, 5.41) is 6.03. The van der Waals surface area contributed by atoms with Crippen LogP contribution in [0.3, 0.4) is 0 Å². The molecule has 1 heterocycles. The van der Waals surface area contributed by atoms with E-state index in [4.69, 9.17) is 0 Å². The Kier molecular flexibility index (Phi) is 7.19. The highest BCUT2D eigenvalue weighted by Crippen LogP contribution is 2.17. The van der Waals surface area contributed by atoms with E-state index >= 15 is 0 Å². The van der Waals surface area contributed by atoms with Gasteiger partial charge in [-0.3, -0.25) is 9.59 Å². The molecule has 0 radical (unpaired) electrons. The lowest BCUT2D eigenvalue weighted by atomic mass is 10.2. The van der Waals surface area contributed by atoms with E-state index in [9.17, 15) is 14.0 Å². The number of hydrogen-bond acceptors (Lipinski definition) is 4. The molecule has 3 rings (SSSR count). The quantitative estimate of drug-likeness (QED) is 0.704. The van der Waals surface area contributed by atoms with Crippen LogP contribution in [0.5, 0.6) is 0 Å². The Morgan fingerprint density at radius 3 is 2.24 bits per heavy atom. The third-order valence-electron chi connectivity index (χ3n) is 4.94. The number of carbonyl (C=O) groups is 2. The maximum Gasteiger partial charge on any atom is 0.223 e. The third kappa shape index (κ3) is 6.29. The molecule has 2 amide bonds. The first-order valence-corrected chi connectivity index (χ1v) is 9.87. The molecule has 0 aliphatic carbocycles. The molecule has 2 aromatic carbocycles. The SMILES string of the molecule is CC(=O)Nc1ccc(CNCCC(=O)N2CCN(c3ccc(F)cc3)CC2)cc1. The van der Waals surface area contributed by atoms with Gasteiger partial charge in [-0.15, -0.1) is 0 Å². The van der Waals surface area contributed by atoms with Crippen LogP contribution in [0.2, 0.25) is 0 Å². The van der Waals surface area contributed by atoms with Crippen molar-refractivity contribution < 1.29 is 14.0 Å². The van der Waals surface area contributed by atoms with Crippen LogP contribution in [-0.2, 0) is 16.1 Å². The summed E-state index contributed by atoms with van der Waals surface area (Å²) in [6, 6.07) is 14.1. The van der Waals surface area contributed by atoms with Crippen LogP contribution in [-0.4, -0.2) is 49.4 Å². The van der Waals surface area contributed by atoms with Gasteiger partial charge in [0.2, 0.25) is 11.8 Å². The van der Waals surface area contributed by atoms with Gasteiger partial charge in [0.05, 0.1) is 0 Å². The van der Waals surface area contributed by atoms with E-state index in [1.807, 2.05) is 29.2 Å². The summed E-state index contributed by atoms with van der Waals surface area (Å²) < 4.78 is 13.0. The van der Waals surface area contributed by atoms with E-state index in [0.717, 1.165) is 30.0 Å². The minimum Gasteiger partial charge on any atom is -0.368 e. The molecule has 0 saturated carbocycles. The van der Waals surface area contributed by atoms with Crippen molar-refractivity contribution in [2.45, 2.75) is 19.9 Å². The van der Waals surface area contributed by atoms with Crippen molar-refractivity contribution >= 4 is 23.2 Å². The number of carbonyl (C=O) groups excluding carboxylic acids is 2. The summed E-state index contributed by atoms with van der Waals surface area (Å²) in [5.41, 5.74) is 2.86. The number of nitrogens with zero attached hydrogens (tertiary/aromatic N) is 2. The largest absolute Gasteiger partial charge is 0.368 e. The fraction of sp³-hybridized carbons (Fsp3) is 0.364. The van der Waals surface area contributed by atoms with Crippen LogP contribution < -0.4 is 15.5 Å². The van der Waals surface area contributed by atoms with E-state index < -0.39 is 0 Å². The molecular weight excluding hydrogens is 371 g/mol. The number of benzene rings is 2. The first kappa shape index (κ1) is 20.8. The Bertz CT molecular complexity index is 816. The summed E-state index contributed by atoms with van der Waals surface area (Å²) in [7, 11) is 0. The molecule has 7 heteroatoms. The lowest BCUT2D eigenvalue weighted by molar-refractivity contribution is -0.131. The molecule has 0 unspecified atom stereocenters. The first-order chi connectivity index (χ1) is 14.0. The average molecular weight is 398 g/mol. The molecule has 1 aliphatic rings. The zero-order valence-corrected chi connectivity index (χ0v) is 16.7. The molecule has 6 nitrogen and oxygen atoms in total. The normalized spacial score (nSPS) is 14.0. The molecule has 0 aromatic heterocycles. The Morgan fingerprint density at radius 1 is 0.966 bits per heavy atom. The lowest BCUT2D eigenvalue weighted by Gasteiger charge is -2.36. The highest BCUT2D eigenvalue weighted by Gasteiger charge is 2.20. The van der Waals surface area contributed by atoms with Gasteiger partial charge in [-0.25, -0.2) is 4.39 Å². The first-order valence-electron chi connectivity index (χ1n) is 9.87. The second-order valence-corrected chi connectivity index (χ2v) is 7.15. The molecule has 1 saturated heterocycles. The molecule has 1 aliphatic heterocycles. The number of hydrogen-bond donors (Lipinski definition) is 2. The predicted octanol–water partition coefficient (Wildman–Crippen LogP) is 2.61. The van der Waals surface area contributed by atoms with Gasteiger partial charge in [-0.05, 0) is 42.0 Å². The van der Waals surface area contributed by atoms with Crippen molar-refractivity contribution in [3.8, 4) is 0 Å². The summed E-state index contributed by atoms with van der Waals surface area (Å²) >= 11 is 0. The number of halogens is 1. The standard InChI is InChI=1S/C22H27FN4O2/c1-17(28)25-20-6-2-18(3-7-20)16-24-11-10-22(29)27-14-12-26(13-15-27)21-8-4-19(23)5-9-21/h2-9,24H,10-16H2,1H3,(H,25,28). The van der Waals surface area contributed by atoms with Gasteiger partial charge >= 0.3 is 0 Å². The molecule has 0 atom stereocenters. The monoisotopic (exact) mass is 398 g/mol. The van der Waals surface area contributed by atoms with Crippen molar-refractivity contribution in [3.63, 3.8) is 0 Å². The lowest BCUT2D eigenvalue weighted by Crippen LogP contribution is -2.49. The van der Waals surface area contributed by atoms with E-state index in [1.165, 1.54) is 19.1 Å². The number of piperazine rings is 1. The molecule has 154 valence electrons. The Labute approximate surface area is 170 Å². The zero-order chi connectivity index (χ0) is 20.6. The number of rotatable bonds is 7. The topological polar surface area (TPSA) is 64.7 Å². The number of anilines is 2. The van der Waals surface area contributed by atoms with Crippen molar-refractivity contribution in [2.75, 3.05) is 42.9 Å². The van der Waals surface area contributed by atoms with E-state index in [-0.39, 0.29) is 17.6 Å². The smallest absolute Gasteiger partial charge is 0.223 e. The highest BCUT2D eigenvalue weighted by atomic mass is 19.1. The summed E-state index contributed by atoms with van der Waals surface area (Å²) in [6.45, 7) is 5.64. The van der Waals surface area contributed by atoms with Crippen LogP contribution in [0, 0.1) is 5.82 Å². The van der Waals surface area contributed by atoms with Gasteiger partial charge in [0.1, 0.15) is 5.82 Å². The molecule has 2 N–H and O–H groups in total. The average Bonchev–Trinajstić information content (AvgIpc) is 2.72. The number of amides is 2. The van der Waals surface area contributed by atoms with Gasteiger partial charge in [0.15, 0.2) is 0 Å². The molecular formula is C22H27FN4O2. The van der Waals surface area contributed by atoms with Crippen LogP contribution in [0.15, 0.2) is 48.5 Å². The maximum absolute atomic E-state index is 13.0. The second-order valence-electron chi connectivity index (χ2n) is 7.15. The Balaban J connectivity index is 1.35. The second kappa shape index (κ2) is 10.0. The fourth-order valence-electron chi connectivity index (χ4n) is 3.36. The van der Waals surface area contributed by atoms with Crippen molar-refractivity contribution in [2.24, 2.45) is 0 Å². The maximum atomic E-state index is 13.0.